The normalized spacial score (nSPS) is 10.8. The molecule has 1 N–H and O–H groups in total. The first-order valence-corrected chi connectivity index (χ1v) is 10.3. The van der Waals surface area contributed by atoms with Crippen LogP contribution in [0.15, 0.2) is 42.9 Å². The Morgan fingerprint density at radius 1 is 1.07 bits per heavy atom. The standard InChI is InChI=1S/C21H19N7S/c1-2-3-4-5-14-8-9-23-18(10-14)28-21-27-17-7-6-16(26-20(17)29-21)15-12-24-19(11-22)25-13-15/h6-10,12-13H,2-5H2,1H3,(H,23,27,28). The Kier molecular flexibility index (Phi) is 5.68. The minimum Gasteiger partial charge on any atom is -0.316 e. The van der Waals surface area contributed by atoms with Crippen molar-refractivity contribution in [3.05, 3.63) is 54.2 Å². The van der Waals surface area contributed by atoms with Crippen molar-refractivity contribution in [2.45, 2.75) is 32.6 Å². The Labute approximate surface area is 172 Å². The number of nitrogens with zero attached hydrogens (tertiary/aromatic N) is 6. The molecule has 0 aromatic carbocycles. The molecule has 0 fully saturated rings. The number of thiazole rings is 1. The molecule has 0 saturated carbocycles. The van der Waals surface area contributed by atoms with E-state index in [1.165, 1.54) is 36.2 Å². The molecule has 0 aliphatic rings. The third-order valence-electron chi connectivity index (χ3n) is 4.43. The van der Waals surface area contributed by atoms with E-state index in [0.29, 0.717) is 0 Å². The van der Waals surface area contributed by atoms with Crippen molar-refractivity contribution >= 4 is 32.6 Å². The van der Waals surface area contributed by atoms with Crippen molar-refractivity contribution in [1.29, 1.82) is 5.26 Å². The molecule has 0 saturated heterocycles. The number of rotatable bonds is 7. The fourth-order valence-corrected chi connectivity index (χ4v) is 3.78. The first-order chi connectivity index (χ1) is 14.2. The summed E-state index contributed by atoms with van der Waals surface area (Å²) in [6, 6.07) is 9.86. The monoisotopic (exact) mass is 401 g/mol. The molecule has 4 aromatic heterocycles. The van der Waals surface area contributed by atoms with Gasteiger partial charge in [0, 0.05) is 24.2 Å². The SMILES string of the molecule is CCCCCc1ccnc(Nc2nc3ccc(-c4cnc(C#N)nc4)nc3s2)c1. The van der Waals surface area contributed by atoms with Crippen LogP contribution < -0.4 is 5.32 Å². The topological polar surface area (TPSA) is 100 Å². The van der Waals surface area contributed by atoms with Gasteiger partial charge in [0.1, 0.15) is 22.2 Å². The largest absolute Gasteiger partial charge is 0.316 e. The molecule has 0 aliphatic carbocycles. The van der Waals surface area contributed by atoms with E-state index < -0.39 is 0 Å². The van der Waals surface area contributed by atoms with Crippen LogP contribution >= 0.6 is 11.3 Å². The molecule has 0 radical (unpaired) electrons. The molecular weight excluding hydrogens is 382 g/mol. The van der Waals surface area contributed by atoms with Crippen molar-refractivity contribution in [3.8, 4) is 17.3 Å². The molecule has 0 unspecified atom stereocenters. The first-order valence-electron chi connectivity index (χ1n) is 9.47. The van der Waals surface area contributed by atoms with E-state index in [0.717, 1.165) is 39.0 Å². The van der Waals surface area contributed by atoms with E-state index in [9.17, 15) is 0 Å². The Balaban J connectivity index is 1.53. The summed E-state index contributed by atoms with van der Waals surface area (Å²) in [5.74, 6) is 0.933. The maximum absolute atomic E-state index is 8.83. The van der Waals surface area contributed by atoms with Gasteiger partial charge in [-0.2, -0.15) is 5.26 Å². The zero-order valence-corrected chi connectivity index (χ0v) is 16.8. The lowest BCUT2D eigenvalue weighted by atomic mass is 10.1. The molecule has 0 amide bonds. The summed E-state index contributed by atoms with van der Waals surface area (Å²) in [7, 11) is 0. The average molecular weight is 401 g/mol. The molecule has 4 heterocycles. The molecular formula is C21H19N7S. The highest BCUT2D eigenvalue weighted by Crippen LogP contribution is 2.29. The molecule has 4 rings (SSSR count). The number of aromatic nitrogens is 5. The first kappa shape index (κ1) is 18.9. The molecule has 0 aliphatic heterocycles. The van der Waals surface area contributed by atoms with Crippen molar-refractivity contribution in [1.82, 2.24) is 24.9 Å². The van der Waals surface area contributed by atoms with Crippen LogP contribution in [0.3, 0.4) is 0 Å². The highest BCUT2D eigenvalue weighted by atomic mass is 32.1. The van der Waals surface area contributed by atoms with Gasteiger partial charge < -0.3 is 5.32 Å². The number of nitriles is 1. The molecule has 0 atom stereocenters. The van der Waals surface area contributed by atoms with Crippen molar-refractivity contribution < 1.29 is 0 Å². The zero-order chi connectivity index (χ0) is 20.1. The van der Waals surface area contributed by atoms with E-state index in [-0.39, 0.29) is 5.82 Å². The molecule has 7 nitrogen and oxygen atoms in total. The van der Waals surface area contributed by atoms with Crippen LogP contribution in [0.1, 0.15) is 37.6 Å². The second-order valence-electron chi connectivity index (χ2n) is 6.58. The molecule has 0 spiro atoms. The lowest BCUT2D eigenvalue weighted by Gasteiger charge is -2.04. The van der Waals surface area contributed by atoms with Gasteiger partial charge >= 0.3 is 0 Å². The summed E-state index contributed by atoms with van der Waals surface area (Å²) in [6.45, 7) is 2.21. The van der Waals surface area contributed by atoms with Gasteiger partial charge in [0.15, 0.2) is 5.13 Å². The summed E-state index contributed by atoms with van der Waals surface area (Å²) in [4.78, 5) is 22.5. The van der Waals surface area contributed by atoms with Gasteiger partial charge in [0.25, 0.3) is 0 Å². The Morgan fingerprint density at radius 2 is 1.93 bits per heavy atom. The molecule has 8 heteroatoms. The van der Waals surface area contributed by atoms with Crippen LogP contribution in [0, 0.1) is 11.3 Å². The number of aryl methyl sites for hydroxylation is 1. The number of anilines is 2. The summed E-state index contributed by atoms with van der Waals surface area (Å²) >= 11 is 1.47. The van der Waals surface area contributed by atoms with Crippen LogP contribution in [0.2, 0.25) is 0 Å². The van der Waals surface area contributed by atoms with Gasteiger partial charge in [-0.05, 0) is 42.7 Å². The third kappa shape index (κ3) is 4.52. The Morgan fingerprint density at radius 3 is 2.72 bits per heavy atom. The number of fused-ring (bicyclic) bond motifs is 1. The minimum absolute atomic E-state index is 0.142. The second-order valence-corrected chi connectivity index (χ2v) is 7.56. The molecule has 144 valence electrons. The molecule has 29 heavy (non-hydrogen) atoms. The second kappa shape index (κ2) is 8.71. The number of pyridine rings is 2. The number of hydrogen-bond acceptors (Lipinski definition) is 8. The fraction of sp³-hybridized carbons (Fsp3) is 0.238. The Bertz CT molecular complexity index is 1160. The predicted molar refractivity (Wildman–Crippen MR) is 114 cm³/mol. The lowest BCUT2D eigenvalue weighted by molar-refractivity contribution is 0.717. The van der Waals surface area contributed by atoms with E-state index in [4.69, 9.17) is 5.26 Å². The van der Waals surface area contributed by atoms with E-state index in [1.807, 2.05) is 24.4 Å². The zero-order valence-electron chi connectivity index (χ0n) is 16.0. The summed E-state index contributed by atoms with van der Waals surface area (Å²) in [6.07, 6.45) is 9.74. The van der Waals surface area contributed by atoms with Gasteiger partial charge in [-0.1, -0.05) is 31.1 Å². The lowest BCUT2D eigenvalue weighted by Crippen LogP contribution is -1.94. The quantitative estimate of drug-likeness (QED) is 0.440. The van der Waals surface area contributed by atoms with Crippen molar-refractivity contribution in [2.75, 3.05) is 5.32 Å². The summed E-state index contributed by atoms with van der Waals surface area (Å²) in [5, 5.41) is 12.9. The number of unbranched alkanes of at least 4 members (excludes halogenated alkanes) is 2. The van der Waals surface area contributed by atoms with Crippen LogP contribution in [0.25, 0.3) is 21.6 Å². The van der Waals surface area contributed by atoms with E-state index in [1.54, 1.807) is 12.4 Å². The van der Waals surface area contributed by atoms with Crippen LogP contribution in [-0.2, 0) is 6.42 Å². The van der Waals surface area contributed by atoms with E-state index in [2.05, 4.69) is 49.3 Å². The highest BCUT2D eigenvalue weighted by molar-refractivity contribution is 7.21. The summed E-state index contributed by atoms with van der Waals surface area (Å²) in [5.41, 5.74) is 3.59. The third-order valence-corrected chi connectivity index (χ3v) is 5.31. The van der Waals surface area contributed by atoms with Gasteiger partial charge in [-0.3, -0.25) is 0 Å². The number of hydrogen-bond donors (Lipinski definition) is 1. The smallest absolute Gasteiger partial charge is 0.232 e. The van der Waals surface area contributed by atoms with Gasteiger partial charge in [0.2, 0.25) is 5.82 Å². The van der Waals surface area contributed by atoms with Gasteiger partial charge in [0.05, 0.1) is 5.69 Å². The minimum atomic E-state index is 0.142. The molecule has 4 aromatic rings. The average Bonchev–Trinajstić information content (AvgIpc) is 3.15. The maximum Gasteiger partial charge on any atom is 0.232 e. The Hall–Kier alpha value is -3.44. The summed E-state index contributed by atoms with van der Waals surface area (Å²) < 4.78 is 0. The van der Waals surface area contributed by atoms with Crippen LogP contribution in [0.4, 0.5) is 10.9 Å². The maximum atomic E-state index is 8.83. The highest BCUT2D eigenvalue weighted by Gasteiger charge is 2.09. The van der Waals surface area contributed by atoms with Gasteiger partial charge in [-0.25, -0.2) is 24.9 Å². The predicted octanol–water partition coefficient (Wildman–Crippen LogP) is 4.89. The van der Waals surface area contributed by atoms with Crippen molar-refractivity contribution in [2.24, 2.45) is 0 Å². The molecule has 0 bridgehead atoms. The number of nitrogens with one attached hydrogen (secondary N) is 1. The fourth-order valence-electron chi connectivity index (χ4n) is 2.94. The van der Waals surface area contributed by atoms with Crippen LogP contribution in [-0.4, -0.2) is 24.9 Å². The van der Waals surface area contributed by atoms with Gasteiger partial charge in [-0.15, -0.1) is 0 Å². The van der Waals surface area contributed by atoms with Crippen LogP contribution in [0.5, 0.6) is 0 Å². The van der Waals surface area contributed by atoms with Crippen molar-refractivity contribution in [3.63, 3.8) is 0 Å². The van der Waals surface area contributed by atoms with E-state index >= 15 is 0 Å².